The van der Waals surface area contributed by atoms with Gasteiger partial charge in [0.15, 0.2) is 11.5 Å². The molecule has 0 radical (unpaired) electrons. The SMILES string of the molecule is O=C(CN1C(=O)NC(Cc2ccccc2)C1=O)Nc1ccc2c(c1)OCCCO2. The fraction of sp³-hybridized carbons (Fsp3) is 0.286. The quantitative estimate of drug-likeness (QED) is 0.755. The number of rotatable bonds is 5. The lowest BCUT2D eigenvalue weighted by atomic mass is 10.1. The molecule has 0 spiro atoms. The summed E-state index contributed by atoms with van der Waals surface area (Å²) >= 11 is 0. The molecule has 2 heterocycles. The van der Waals surface area contributed by atoms with E-state index in [0.717, 1.165) is 16.9 Å². The third-order valence-corrected chi connectivity index (χ3v) is 4.72. The van der Waals surface area contributed by atoms with Crippen LogP contribution in [0.15, 0.2) is 48.5 Å². The van der Waals surface area contributed by atoms with Crippen molar-refractivity contribution in [1.82, 2.24) is 10.2 Å². The predicted octanol–water partition coefficient (Wildman–Crippen LogP) is 1.95. The highest BCUT2D eigenvalue weighted by Gasteiger charge is 2.38. The highest BCUT2D eigenvalue weighted by molar-refractivity contribution is 6.08. The molecule has 2 aromatic carbocycles. The lowest BCUT2D eigenvalue weighted by Crippen LogP contribution is -2.38. The van der Waals surface area contributed by atoms with E-state index < -0.39 is 23.9 Å². The Labute approximate surface area is 167 Å². The highest BCUT2D eigenvalue weighted by atomic mass is 16.5. The number of urea groups is 1. The van der Waals surface area contributed by atoms with Gasteiger partial charge in [-0.25, -0.2) is 4.79 Å². The minimum absolute atomic E-state index is 0.357. The number of fused-ring (bicyclic) bond motifs is 1. The van der Waals surface area contributed by atoms with Gasteiger partial charge in [0, 0.05) is 24.6 Å². The Morgan fingerprint density at radius 3 is 2.62 bits per heavy atom. The van der Waals surface area contributed by atoms with Gasteiger partial charge >= 0.3 is 6.03 Å². The molecule has 2 aromatic rings. The maximum Gasteiger partial charge on any atom is 0.325 e. The van der Waals surface area contributed by atoms with Crippen LogP contribution in [0.1, 0.15) is 12.0 Å². The molecule has 0 bridgehead atoms. The number of hydrogen-bond donors (Lipinski definition) is 2. The lowest BCUT2D eigenvalue weighted by molar-refractivity contribution is -0.130. The summed E-state index contributed by atoms with van der Waals surface area (Å²) in [5, 5.41) is 5.34. The summed E-state index contributed by atoms with van der Waals surface area (Å²) in [6, 6.07) is 13.2. The van der Waals surface area contributed by atoms with Crippen molar-refractivity contribution in [2.75, 3.05) is 25.1 Å². The number of imide groups is 1. The van der Waals surface area contributed by atoms with Gasteiger partial charge in [-0.1, -0.05) is 30.3 Å². The van der Waals surface area contributed by atoms with Crippen LogP contribution in [0.5, 0.6) is 11.5 Å². The molecule has 0 aromatic heterocycles. The summed E-state index contributed by atoms with van der Waals surface area (Å²) in [7, 11) is 0. The molecule has 4 rings (SSSR count). The van der Waals surface area contributed by atoms with Gasteiger partial charge in [0.1, 0.15) is 12.6 Å². The molecule has 2 aliphatic rings. The number of carbonyl (C=O) groups is 3. The smallest absolute Gasteiger partial charge is 0.325 e. The van der Waals surface area contributed by atoms with Crippen LogP contribution >= 0.6 is 0 Å². The van der Waals surface area contributed by atoms with Crippen molar-refractivity contribution >= 4 is 23.5 Å². The Morgan fingerprint density at radius 2 is 1.83 bits per heavy atom. The second-order valence-electron chi connectivity index (χ2n) is 6.88. The minimum Gasteiger partial charge on any atom is -0.490 e. The van der Waals surface area contributed by atoms with Crippen LogP contribution in [0.2, 0.25) is 0 Å². The number of ether oxygens (including phenoxy) is 2. The van der Waals surface area contributed by atoms with Crippen LogP contribution in [0.4, 0.5) is 10.5 Å². The molecule has 0 saturated carbocycles. The molecule has 29 heavy (non-hydrogen) atoms. The number of amides is 4. The monoisotopic (exact) mass is 395 g/mol. The first kappa shape index (κ1) is 18.8. The molecule has 8 nitrogen and oxygen atoms in total. The molecule has 150 valence electrons. The van der Waals surface area contributed by atoms with E-state index in [2.05, 4.69) is 10.6 Å². The van der Waals surface area contributed by atoms with E-state index in [0.29, 0.717) is 36.8 Å². The maximum atomic E-state index is 12.6. The van der Waals surface area contributed by atoms with Crippen molar-refractivity contribution in [3.05, 3.63) is 54.1 Å². The van der Waals surface area contributed by atoms with Gasteiger partial charge in [-0.05, 0) is 17.7 Å². The zero-order valence-corrected chi connectivity index (χ0v) is 15.7. The fourth-order valence-corrected chi connectivity index (χ4v) is 3.30. The first-order valence-electron chi connectivity index (χ1n) is 9.45. The van der Waals surface area contributed by atoms with Crippen LogP contribution < -0.4 is 20.1 Å². The second-order valence-corrected chi connectivity index (χ2v) is 6.88. The number of hydrogen-bond acceptors (Lipinski definition) is 5. The summed E-state index contributed by atoms with van der Waals surface area (Å²) < 4.78 is 11.2. The van der Waals surface area contributed by atoms with Gasteiger partial charge in [0.05, 0.1) is 13.2 Å². The van der Waals surface area contributed by atoms with E-state index >= 15 is 0 Å². The zero-order chi connectivity index (χ0) is 20.2. The first-order valence-corrected chi connectivity index (χ1v) is 9.45. The molecule has 0 aliphatic carbocycles. The molecule has 4 amide bonds. The summed E-state index contributed by atoms with van der Waals surface area (Å²) in [4.78, 5) is 38.1. The topological polar surface area (TPSA) is 97.0 Å². The molecular weight excluding hydrogens is 374 g/mol. The Bertz CT molecular complexity index is 931. The van der Waals surface area contributed by atoms with Gasteiger partial charge in [0.2, 0.25) is 5.91 Å². The van der Waals surface area contributed by atoms with E-state index in [1.165, 1.54) is 0 Å². The van der Waals surface area contributed by atoms with Crippen molar-refractivity contribution in [3.63, 3.8) is 0 Å². The standard InChI is InChI=1S/C21H21N3O5/c25-19(22-15-7-8-17-18(12-15)29-10-4-9-28-17)13-24-20(26)16(23-21(24)27)11-14-5-2-1-3-6-14/h1-3,5-8,12,16H,4,9-11,13H2,(H,22,25)(H,23,27). The summed E-state index contributed by atoms with van der Waals surface area (Å²) in [5.41, 5.74) is 1.44. The average molecular weight is 395 g/mol. The highest BCUT2D eigenvalue weighted by Crippen LogP contribution is 2.32. The molecule has 8 heteroatoms. The zero-order valence-electron chi connectivity index (χ0n) is 15.7. The number of carbonyl (C=O) groups excluding carboxylic acids is 3. The molecule has 1 atom stereocenters. The third kappa shape index (κ3) is 4.31. The summed E-state index contributed by atoms with van der Waals surface area (Å²) in [6.45, 7) is 0.759. The van der Waals surface area contributed by atoms with Crippen LogP contribution in [-0.4, -0.2) is 48.5 Å². The summed E-state index contributed by atoms with van der Waals surface area (Å²) in [5.74, 6) is 0.299. The van der Waals surface area contributed by atoms with Crippen molar-refractivity contribution in [1.29, 1.82) is 0 Å². The van der Waals surface area contributed by atoms with Crippen molar-refractivity contribution < 1.29 is 23.9 Å². The minimum atomic E-state index is -0.671. The van der Waals surface area contributed by atoms with Gasteiger partial charge < -0.3 is 20.1 Å². The first-order chi connectivity index (χ1) is 14.1. The van der Waals surface area contributed by atoms with Gasteiger partial charge in [-0.3, -0.25) is 14.5 Å². The molecule has 2 aliphatic heterocycles. The molecule has 1 fully saturated rings. The Balaban J connectivity index is 1.37. The fourth-order valence-electron chi connectivity index (χ4n) is 3.30. The molecule has 1 saturated heterocycles. The molecular formula is C21H21N3O5. The van der Waals surface area contributed by atoms with Crippen molar-refractivity contribution in [3.8, 4) is 11.5 Å². The summed E-state index contributed by atoms with van der Waals surface area (Å²) in [6.07, 6.45) is 1.17. The number of nitrogens with zero attached hydrogens (tertiary/aromatic N) is 1. The Kier molecular flexibility index (Phi) is 5.33. The maximum absolute atomic E-state index is 12.6. The van der Waals surface area contributed by atoms with Gasteiger partial charge in [-0.15, -0.1) is 0 Å². The number of anilines is 1. The largest absolute Gasteiger partial charge is 0.490 e. The van der Waals surface area contributed by atoms with Crippen LogP contribution in [-0.2, 0) is 16.0 Å². The Hall–Kier alpha value is -3.55. The predicted molar refractivity (Wildman–Crippen MR) is 105 cm³/mol. The van der Waals surface area contributed by atoms with E-state index in [1.807, 2.05) is 30.3 Å². The Morgan fingerprint density at radius 1 is 1.07 bits per heavy atom. The van der Waals surface area contributed by atoms with Gasteiger partial charge in [-0.2, -0.15) is 0 Å². The van der Waals surface area contributed by atoms with E-state index in [4.69, 9.17) is 9.47 Å². The van der Waals surface area contributed by atoms with Crippen molar-refractivity contribution in [2.45, 2.75) is 18.9 Å². The molecule has 2 N–H and O–H groups in total. The van der Waals surface area contributed by atoms with Gasteiger partial charge in [0.25, 0.3) is 5.91 Å². The van der Waals surface area contributed by atoms with Crippen LogP contribution in [0.3, 0.4) is 0 Å². The van der Waals surface area contributed by atoms with Crippen molar-refractivity contribution in [2.24, 2.45) is 0 Å². The average Bonchev–Trinajstić information content (AvgIpc) is 2.89. The van der Waals surface area contributed by atoms with Crippen LogP contribution in [0.25, 0.3) is 0 Å². The lowest BCUT2D eigenvalue weighted by Gasteiger charge is -2.14. The molecule has 1 unspecified atom stereocenters. The van der Waals surface area contributed by atoms with E-state index in [9.17, 15) is 14.4 Å². The van der Waals surface area contributed by atoms with E-state index in [-0.39, 0.29) is 6.54 Å². The third-order valence-electron chi connectivity index (χ3n) is 4.72. The second kappa shape index (κ2) is 8.22. The van der Waals surface area contributed by atoms with E-state index in [1.54, 1.807) is 18.2 Å². The van der Waals surface area contributed by atoms with Crippen LogP contribution in [0, 0.1) is 0 Å². The number of benzene rings is 2. The number of nitrogens with one attached hydrogen (secondary N) is 2. The normalized spacial score (nSPS) is 18.2.